The third-order valence-electron chi connectivity index (χ3n) is 2.86. The van der Waals surface area contributed by atoms with Crippen LogP contribution in [0.5, 0.6) is 0 Å². The number of rotatable bonds is 3. The standard InChI is InChI=1S/C14H12N4OS2/c1-20-14-18-10-5-4-8(7-11(10)21-14)17-13(19)12-9(15)3-2-6-16-12/h2-7H,15H2,1H3,(H,17,19). The van der Waals surface area contributed by atoms with E-state index in [1.54, 1.807) is 41.4 Å². The van der Waals surface area contributed by atoms with E-state index >= 15 is 0 Å². The molecule has 21 heavy (non-hydrogen) atoms. The number of hydrogen-bond acceptors (Lipinski definition) is 6. The molecule has 0 atom stereocenters. The van der Waals surface area contributed by atoms with Gasteiger partial charge in [0.15, 0.2) is 10.0 Å². The molecule has 2 heterocycles. The lowest BCUT2D eigenvalue weighted by molar-refractivity contribution is 0.102. The van der Waals surface area contributed by atoms with Gasteiger partial charge in [0.2, 0.25) is 0 Å². The molecule has 0 aliphatic rings. The Labute approximate surface area is 129 Å². The first-order valence-electron chi connectivity index (χ1n) is 6.14. The van der Waals surface area contributed by atoms with Crippen LogP contribution in [0.15, 0.2) is 40.9 Å². The Balaban J connectivity index is 1.87. The first-order valence-corrected chi connectivity index (χ1v) is 8.18. The normalized spacial score (nSPS) is 10.7. The summed E-state index contributed by atoms with van der Waals surface area (Å²) >= 11 is 3.20. The highest BCUT2D eigenvalue weighted by Crippen LogP contribution is 2.30. The SMILES string of the molecule is CSc1nc2ccc(NC(=O)c3ncccc3N)cc2s1. The zero-order valence-electron chi connectivity index (χ0n) is 11.2. The largest absolute Gasteiger partial charge is 0.397 e. The molecule has 0 saturated heterocycles. The molecule has 5 nitrogen and oxygen atoms in total. The molecule has 3 N–H and O–H groups in total. The number of amides is 1. The van der Waals surface area contributed by atoms with Crippen molar-refractivity contribution in [3.63, 3.8) is 0 Å². The van der Waals surface area contributed by atoms with Crippen molar-refractivity contribution >= 4 is 50.6 Å². The number of nitrogen functional groups attached to an aromatic ring is 1. The molecule has 3 rings (SSSR count). The number of carbonyl (C=O) groups is 1. The van der Waals surface area contributed by atoms with Gasteiger partial charge in [0.1, 0.15) is 0 Å². The fraction of sp³-hybridized carbons (Fsp3) is 0.0714. The predicted molar refractivity (Wildman–Crippen MR) is 88.0 cm³/mol. The molecular formula is C14H12N4OS2. The molecule has 0 bridgehead atoms. The number of pyridine rings is 1. The summed E-state index contributed by atoms with van der Waals surface area (Å²) in [5, 5.41) is 2.81. The van der Waals surface area contributed by atoms with E-state index < -0.39 is 0 Å². The summed E-state index contributed by atoms with van der Waals surface area (Å²) in [6, 6.07) is 8.97. The van der Waals surface area contributed by atoms with Crippen molar-refractivity contribution in [1.29, 1.82) is 0 Å². The lowest BCUT2D eigenvalue weighted by Gasteiger charge is -2.06. The fourth-order valence-electron chi connectivity index (χ4n) is 1.87. The smallest absolute Gasteiger partial charge is 0.276 e. The minimum absolute atomic E-state index is 0.228. The second-order valence-electron chi connectivity index (χ2n) is 4.26. The topological polar surface area (TPSA) is 80.9 Å². The van der Waals surface area contributed by atoms with Crippen molar-refractivity contribution in [2.45, 2.75) is 4.34 Å². The second-order valence-corrected chi connectivity index (χ2v) is 6.35. The number of nitrogens with two attached hydrogens (primary N) is 1. The highest BCUT2D eigenvalue weighted by atomic mass is 32.2. The highest BCUT2D eigenvalue weighted by molar-refractivity contribution is 8.00. The van der Waals surface area contributed by atoms with Crippen molar-refractivity contribution in [3.8, 4) is 0 Å². The van der Waals surface area contributed by atoms with Gasteiger partial charge in [-0.15, -0.1) is 11.3 Å². The summed E-state index contributed by atoms with van der Waals surface area (Å²) in [5.41, 5.74) is 7.97. The van der Waals surface area contributed by atoms with Crippen LogP contribution in [-0.2, 0) is 0 Å². The van der Waals surface area contributed by atoms with Gasteiger partial charge < -0.3 is 11.1 Å². The van der Waals surface area contributed by atoms with E-state index in [9.17, 15) is 4.79 Å². The van der Waals surface area contributed by atoms with E-state index in [0.29, 0.717) is 11.4 Å². The first-order chi connectivity index (χ1) is 10.2. The van der Waals surface area contributed by atoms with Gasteiger partial charge in [-0.25, -0.2) is 9.97 Å². The van der Waals surface area contributed by atoms with Crippen LogP contribution in [0.4, 0.5) is 11.4 Å². The van der Waals surface area contributed by atoms with Gasteiger partial charge >= 0.3 is 0 Å². The van der Waals surface area contributed by atoms with Gasteiger partial charge in [0.05, 0.1) is 15.9 Å². The quantitative estimate of drug-likeness (QED) is 0.725. The summed E-state index contributed by atoms with van der Waals surface area (Å²) < 4.78 is 2.04. The summed E-state index contributed by atoms with van der Waals surface area (Å²) in [6.07, 6.45) is 3.53. The lowest BCUT2D eigenvalue weighted by atomic mass is 10.2. The summed E-state index contributed by atoms with van der Waals surface area (Å²) in [5.74, 6) is -0.318. The Morgan fingerprint density at radius 2 is 2.24 bits per heavy atom. The van der Waals surface area contributed by atoms with Crippen LogP contribution in [0.2, 0.25) is 0 Å². The van der Waals surface area contributed by atoms with Crippen molar-refractivity contribution in [3.05, 3.63) is 42.2 Å². The zero-order chi connectivity index (χ0) is 14.8. The molecule has 0 spiro atoms. The average molecular weight is 316 g/mol. The number of thiazole rings is 1. The molecule has 7 heteroatoms. The number of benzene rings is 1. The van der Waals surface area contributed by atoms with Gasteiger partial charge in [0, 0.05) is 11.9 Å². The molecule has 1 amide bonds. The van der Waals surface area contributed by atoms with Crippen molar-refractivity contribution in [1.82, 2.24) is 9.97 Å². The number of hydrogen-bond donors (Lipinski definition) is 2. The van der Waals surface area contributed by atoms with Gasteiger partial charge in [-0.1, -0.05) is 11.8 Å². The molecule has 106 valence electrons. The number of nitrogens with one attached hydrogen (secondary N) is 1. The number of fused-ring (bicyclic) bond motifs is 1. The van der Waals surface area contributed by atoms with Gasteiger partial charge in [-0.05, 0) is 36.6 Å². The minimum Gasteiger partial charge on any atom is -0.397 e. The van der Waals surface area contributed by atoms with E-state index in [1.807, 2.05) is 24.5 Å². The molecule has 1 aromatic carbocycles. The fourth-order valence-corrected chi connectivity index (χ4v) is 3.39. The summed E-state index contributed by atoms with van der Waals surface area (Å²) in [4.78, 5) is 20.6. The Morgan fingerprint density at radius 1 is 1.38 bits per heavy atom. The highest BCUT2D eigenvalue weighted by Gasteiger charge is 2.12. The van der Waals surface area contributed by atoms with Gasteiger partial charge in [0.25, 0.3) is 5.91 Å². The Hall–Kier alpha value is -2.12. The van der Waals surface area contributed by atoms with Crippen LogP contribution < -0.4 is 11.1 Å². The Kier molecular flexibility index (Phi) is 3.76. The molecule has 3 aromatic rings. The van der Waals surface area contributed by atoms with Gasteiger partial charge in [-0.3, -0.25) is 4.79 Å². The van der Waals surface area contributed by atoms with E-state index in [2.05, 4.69) is 15.3 Å². The monoisotopic (exact) mass is 316 g/mol. The van der Waals surface area contributed by atoms with E-state index in [4.69, 9.17) is 5.73 Å². The van der Waals surface area contributed by atoms with Crippen molar-refractivity contribution < 1.29 is 4.79 Å². The Morgan fingerprint density at radius 3 is 3.00 bits per heavy atom. The average Bonchev–Trinajstić information content (AvgIpc) is 2.90. The summed E-state index contributed by atoms with van der Waals surface area (Å²) in [6.45, 7) is 0. The maximum atomic E-state index is 12.2. The molecule has 0 saturated carbocycles. The maximum absolute atomic E-state index is 12.2. The van der Waals surface area contributed by atoms with Crippen molar-refractivity contribution in [2.24, 2.45) is 0 Å². The number of aromatic nitrogens is 2. The van der Waals surface area contributed by atoms with Crippen LogP contribution in [0, 0.1) is 0 Å². The van der Waals surface area contributed by atoms with E-state index in [-0.39, 0.29) is 11.6 Å². The summed E-state index contributed by atoms with van der Waals surface area (Å²) in [7, 11) is 0. The molecule has 0 fully saturated rings. The first kappa shape index (κ1) is 13.8. The van der Waals surface area contributed by atoms with E-state index in [1.165, 1.54) is 0 Å². The van der Waals surface area contributed by atoms with Crippen LogP contribution in [-0.4, -0.2) is 22.1 Å². The number of nitrogens with zero attached hydrogens (tertiary/aromatic N) is 2. The van der Waals surface area contributed by atoms with Crippen molar-refractivity contribution in [2.75, 3.05) is 17.3 Å². The molecule has 0 unspecified atom stereocenters. The molecular weight excluding hydrogens is 304 g/mol. The maximum Gasteiger partial charge on any atom is 0.276 e. The zero-order valence-corrected chi connectivity index (χ0v) is 12.8. The van der Waals surface area contributed by atoms with Gasteiger partial charge in [-0.2, -0.15) is 0 Å². The second kappa shape index (κ2) is 5.71. The minimum atomic E-state index is -0.318. The lowest BCUT2D eigenvalue weighted by Crippen LogP contribution is -2.15. The Bertz CT molecular complexity index is 816. The van der Waals surface area contributed by atoms with E-state index in [0.717, 1.165) is 14.6 Å². The van der Waals surface area contributed by atoms with Crippen LogP contribution in [0.1, 0.15) is 10.5 Å². The third-order valence-corrected chi connectivity index (χ3v) is 4.86. The molecule has 0 radical (unpaired) electrons. The van der Waals surface area contributed by atoms with Crippen LogP contribution >= 0.6 is 23.1 Å². The number of carbonyl (C=O) groups excluding carboxylic acids is 1. The number of anilines is 2. The van der Waals surface area contributed by atoms with Crippen LogP contribution in [0.25, 0.3) is 10.2 Å². The predicted octanol–water partition coefficient (Wildman–Crippen LogP) is 3.25. The molecule has 0 aliphatic heterocycles. The third kappa shape index (κ3) is 2.84. The number of thioether (sulfide) groups is 1. The van der Waals surface area contributed by atoms with Crippen LogP contribution in [0.3, 0.4) is 0 Å². The molecule has 2 aromatic heterocycles. The molecule has 0 aliphatic carbocycles.